The number of H-pyrrole nitrogens is 1. The van der Waals surface area contributed by atoms with E-state index in [1.54, 1.807) is 6.07 Å². The quantitative estimate of drug-likeness (QED) is 0.680. The Hall–Kier alpha value is -3.17. The van der Waals surface area contributed by atoms with Crippen LogP contribution in [0, 0.1) is 0 Å². The molecule has 1 saturated carbocycles. The highest BCUT2D eigenvalue weighted by Crippen LogP contribution is 2.34. The van der Waals surface area contributed by atoms with Crippen LogP contribution in [0.1, 0.15) is 47.8 Å². The molecule has 2 N–H and O–H groups in total. The highest BCUT2D eigenvalue weighted by Gasteiger charge is 2.29. The van der Waals surface area contributed by atoms with Gasteiger partial charge >= 0.3 is 6.18 Å². The normalized spacial score (nSPS) is 19.7. The third-order valence-corrected chi connectivity index (χ3v) is 5.39. The summed E-state index contributed by atoms with van der Waals surface area (Å²) in [5, 5.41) is 14.8. The number of benzene rings is 1. The third-order valence-electron chi connectivity index (χ3n) is 5.39. The Kier molecular flexibility index (Phi) is 5.31. The molecule has 1 aromatic carbocycles. The maximum atomic E-state index is 12.4. The fourth-order valence-corrected chi connectivity index (χ4v) is 3.97. The molecule has 158 valence electrons. The van der Waals surface area contributed by atoms with E-state index in [2.05, 4.69) is 20.6 Å². The number of aromatic amines is 1. The van der Waals surface area contributed by atoms with Gasteiger partial charge in [-0.3, -0.25) is 14.3 Å². The number of fused-ring (bicyclic) bond motifs is 1. The fraction of sp³-hybridized carbons (Fsp3) is 0.400. The molecule has 2 aromatic heterocycles. The summed E-state index contributed by atoms with van der Waals surface area (Å²) < 4.78 is 38.0. The van der Waals surface area contributed by atoms with Crippen LogP contribution in [0.15, 0.2) is 41.3 Å². The highest BCUT2D eigenvalue weighted by atomic mass is 19.4. The average molecular weight is 419 g/mol. The summed E-state index contributed by atoms with van der Waals surface area (Å²) in [4.78, 5) is 24.3. The van der Waals surface area contributed by atoms with Crippen LogP contribution in [0.25, 0.3) is 10.8 Å². The van der Waals surface area contributed by atoms with Crippen molar-refractivity contribution in [1.82, 2.24) is 25.3 Å². The lowest BCUT2D eigenvalue weighted by Gasteiger charge is -2.29. The van der Waals surface area contributed by atoms with Crippen LogP contribution in [0.2, 0.25) is 0 Å². The van der Waals surface area contributed by atoms with Crippen molar-refractivity contribution in [2.75, 3.05) is 0 Å². The summed E-state index contributed by atoms with van der Waals surface area (Å²) in [6.07, 6.45) is -0.291. The molecule has 10 heteroatoms. The van der Waals surface area contributed by atoms with Gasteiger partial charge < -0.3 is 5.32 Å². The Morgan fingerprint density at radius 2 is 1.83 bits per heavy atom. The first-order chi connectivity index (χ1) is 14.3. The van der Waals surface area contributed by atoms with Crippen LogP contribution < -0.4 is 10.9 Å². The van der Waals surface area contributed by atoms with E-state index in [-0.39, 0.29) is 23.2 Å². The van der Waals surface area contributed by atoms with Crippen molar-refractivity contribution >= 4 is 16.7 Å². The number of aromatic nitrogens is 4. The van der Waals surface area contributed by atoms with Crippen LogP contribution in [0.3, 0.4) is 0 Å². The van der Waals surface area contributed by atoms with E-state index >= 15 is 0 Å². The fourth-order valence-electron chi connectivity index (χ4n) is 3.97. The monoisotopic (exact) mass is 419 g/mol. The summed E-state index contributed by atoms with van der Waals surface area (Å²) in [5.41, 5.74) is 0.593. The van der Waals surface area contributed by atoms with E-state index in [4.69, 9.17) is 0 Å². The maximum Gasteiger partial charge on any atom is 0.408 e. The van der Waals surface area contributed by atoms with E-state index in [0.717, 1.165) is 30.1 Å². The summed E-state index contributed by atoms with van der Waals surface area (Å²) in [7, 11) is 0. The lowest BCUT2D eigenvalue weighted by molar-refractivity contribution is -0.142. The Labute approximate surface area is 169 Å². The summed E-state index contributed by atoms with van der Waals surface area (Å²) in [6, 6.07) is 8.53. The van der Waals surface area contributed by atoms with Gasteiger partial charge in [-0.2, -0.15) is 23.4 Å². The van der Waals surface area contributed by atoms with Crippen LogP contribution >= 0.6 is 0 Å². The Morgan fingerprint density at radius 1 is 1.13 bits per heavy atom. The van der Waals surface area contributed by atoms with Gasteiger partial charge in [0.1, 0.15) is 12.2 Å². The van der Waals surface area contributed by atoms with Crippen LogP contribution in [0.4, 0.5) is 13.2 Å². The van der Waals surface area contributed by atoms with Gasteiger partial charge in [0.15, 0.2) is 0 Å². The molecule has 7 nitrogen and oxygen atoms in total. The average Bonchev–Trinajstić information content (AvgIpc) is 3.16. The topological polar surface area (TPSA) is 92.7 Å². The molecule has 1 amide bonds. The van der Waals surface area contributed by atoms with Gasteiger partial charge in [0.2, 0.25) is 0 Å². The molecule has 0 atom stereocenters. The summed E-state index contributed by atoms with van der Waals surface area (Å²) in [5.74, 6) is -0.321. The maximum absolute atomic E-state index is 12.4. The SMILES string of the molecule is O=C(NC1CCC(c2n[nH]c(=O)c3ccccc23)CC1)c1ccn(CC(F)(F)F)n1. The lowest BCUT2D eigenvalue weighted by atomic mass is 9.82. The number of halogens is 3. The molecule has 0 aliphatic heterocycles. The molecule has 3 aromatic rings. The van der Waals surface area contributed by atoms with Crippen molar-refractivity contribution in [2.45, 2.75) is 50.4 Å². The molecular formula is C20H20F3N5O2. The molecule has 0 saturated heterocycles. The van der Waals surface area contributed by atoms with Gasteiger partial charge in [-0.1, -0.05) is 18.2 Å². The lowest BCUT2D eigenvalue weighted by Crippen LogP contribution is -2.37. The molecule has 0 unspecified atom stereocenters. The Morgan fingerprint density at radius 3 is 2.53 bits per heavy atom. The minimum Gasteiger partial charge on any atom is -0.348 e. The van der Waals surface area contributed by atoms with Crippen LogP contribution in [-0.4, -0.2) is 38.1 Å². The molecule has 4 rings (SSSR count). The third kappa shape index (κ3) is 4.37. The second kappa shape index (κ2) is 7.92. The van der Waals surface area contributed by atoms with Crippen molar-refractivity contribution in [2.24, 2.45) is 0 Å². The minimum absolute atomic E-state index is 0.0327. The van der Waals surface area contributed by atoms with Gasteiger partial charge in [0.25, 0.3) is 11.5 Å². The van der Waals surface area contributed by atoms with Gasteiger partial charge in [0.05, 0.1) is 11.1 Å². The predicted molar refractivity (Wildman–Crippen MR) is 103 cm³/mol. The van der Waals surface area contributed by atoms with E-state index in [1.165, 1.54) is 6.07 Å². The number of hydrogen-bond acceptors (Lipinski definition) is 4. The van der Waals surface area contributed by atoms with Gasteiger partial charge in [-0.05, 0) is 37.8 Å². The molecule has 2 heterocycles. The number of nitrogens with one attached hydrogen (secondary N) is 2. The number of alkyl halides is 3. The molecule has 30 heavy (non-hydrogen) atoms. The highest BCUT2D eigenvalue weighted by molar-refractivity contribution is 5.92. The first-order valence-corrected chi connectivity index (χ1v) is 9.68. The second-order valence-electron chi connectivity index (χ2n) is 7.52. The van der Waals surface area contributed by atoms with Gasteiger partial charge in [0, 0.05) is 23.5 Å². The second-order valence-corrected chi connectivity index (χ2v) is 7.52. The van der Waals surface area contributed by atoms with Crippen molar-refractivity contribution in [1.29, 1.82) is 0 Å². The number of rotatable bonds is 4. The van der Waals surface area contributed by atoms with E-state index in [9.17, 15) is 22.8 Å². The zero-order chi connectivity index (χ0) is 21.3. The van der Waals surface area contributed by atoms with Crippen molar-refractivity contribution in [3.05, 3.63) is 58.3 Å². The number of nitrogens with zero attached hydrogens (tertiary/aromatic N) is 3. The molecule has 0 radical (unpaired) electrons. The zero-order valence-electron chi connectivity index (χ0n) is 15.9. The van der Waals surface area contributed by atoms with Gasteiger partial charge in [-0.15, -0.1) is 0 Å². The molecular weight excluding hydrogens is 399 g/mol. The largest absolute Gasteiger partial charge is 0.408 e. The van der Waals surface area contributed by atoms with Crippen LogP contribution in [0.5, 0.6) is 0 Å². The van der Waals surface area contributed by atoms with Crippen molar-refractivity contribution < 1.29 is 18.0 Å². The van der Waals surface area contributed by atoms with E-state index < -0.39 is 18.6 Å². The van der Waals surface area contributed by atoms with Crippen molar-refractivity contribution in [3.63, 3.8) is 0 Å². The van der Waals surface area contributed by atoms with Crippen molar-refractivity contribution in [3.8, 4) is 0 Å². The molecule has 0 bridgehead atoms. The van der Waals surface area contributed by atoms with Crippen LogP contribution in [-0.2, 0) is 6.54 Å². The Bertz CT molecular complexity index is 1110. The first-order valence-electron chi connectivity index (χ1n) is 9.68. The Balaban J connectivity index is 1.38. The van der Waals surface area contributed by atoms with Gasteiger partial charge in [-0.25, -0.2) is 5.10 Å². The number of carbonyl (C=O) groups is 1. The molecule has 1 aliphatic rings. The first kappa shape index (κ1) is 20.1. The number of hydrogen-bond donors (Lipinski definition) is 2. The predicted octanol–water partition coefficient (Wildman–Crippen LogP) is 3.14. The number of amides is 1. The molecule has 1 fully saturated rings. The summed E-state index contributed by atoms with van der Waals surface area (Å²) >= 11 is 0. The number of carbonyl (C=O) groups excluding carboxylic acids is 1. The smallest absolute Gasteiger partial charge is 0.348 e. The molecule has 1 aliphatic carbocycles. The standard InChI is InChI=1S/C20H20F3N5O2/c21-20(22,23)11-28-10-9-16(27-28)19(30)24-13-7-5-12(6-8-13)17-14-3-1-2-4-15(14)18(29)26-25-17/h1-4,9-10,12-13H,5-8,11H2,(H,24,30)(H,26,29). The molecule has 0 spiro atoms. The minimum atomic E-state index is -4.39. The summed E-state index contributed by atoms with van der Waals surface area (Å²) in [6.45, 7) is -1.23. The van der Waals surface area contributed by atoms with E-state index in [0.29, 0.717) is 22.9 Å². The zero-order valence-corrected chi connectivity index (χ0v) is 15.9. The van der Waals surface area contributed by atoms with E-state index in [1.807, 2.05) is 18.2 Å².